The van der Waals surface area contributed by atoms with Gasteiger partial charge in [0.05, 0.1) is 17.1 Å². The van der Waals surface area contributed by atoms with Crippen molar-refractivity contribution < 1.29 is 4.74 Å². The third-order valence-corrected chi connectivity index (χ3v) is 3.84. The lowest BCUT2D eigenvalue weighted by Gasteiger charge is -2.18. The average molecular weight is 259 g/mol. The van der Waals surface area contributed by atoms with Crippen LogP contribution < -0.4 is 5.32 Å². The molecule has 1 fully saturated rings. The van der Waals surface area contributed by atoms with Crippen LogP contribution in [0.1, 0.15) is 32.2 Å². The monoisotopic (exact) mass is 259 g/mol. The fourth-order valence-corrected chi connectivity index (χ4v) is 2.88. The van der Waals surface area contributed by atoms with Crippen molar-refractivity contribution in [2.24, 2.45) is 7.05 Å². The Hall–Kier alpha value is -1.39. The number of nitrogens with one attached hydrogen (secondary N) is 1. The van der Waals surface area contributed by atoms with Crippen molar-refractivity contribution in [2.45, 2.75) is 38.5 Å². The van der Waals surface area contributed by atoms with Gasteiger partial charge in [0.1, 0.15) is 11.9 Å². The lowest BCUT2D eigenvalue weighted by atomic mass is 10.2. The number of benzene rings is 1. The lowest BCUT2D eigenvalue weighted by molar-refractivity contribution is 0.00133. The van der Waals surface area contributed by atoms with E-state index in [1.807, 2.05) is 12.1 Å². The van der Waals surface area contributed by atoms with Crippen LogP contribution in [0.4, 0.5) is 0 Å². The number of hydrogen-bond acceptors (Lipinski definition) is 3. The van der Waals surface area contributed by atoms with Gasteiger partial charge in [0.25, 0.3) is 0 Å². The molecule has 0 spiro atoms. The molecule has 0 saturated carbocycles. The molecule has 0 bridgehead atoms. The third-order valence-electron chi connectivity index (χ3n) is 3.84. The summed E-state index contributed by atoms with van der Waals surface area (Å²) in [4.78, 5) is 4.74. The molecule has 4 heteroatoms. The molecule has 1 aliphatic rings. The SMILES string of the molecule is CC1CC(C)OC(c2nc3ccccc3n2C)CN1. The summed E-state index contributed by atoms with van der Waals surface area (Å²) in [7, 11) is 2.06. The van der Waals surface area contributed by atoms with Gasteiger partial charge in [-0.2, -0.15) is 0 Å². The first-order valence-corrected chi connectivity index (χ1v) is 6.95. The van der Waals surface area contributed by atoms with E-state index in [1.54, 1.807) is 0 Å². The van der Waals surface area contributed by atoms with E-state index in [9.17, 15) is 0 Å². The fourth-order valence-electron chi connectivity index (χ4n) is 2.88. The molecule has 0 amide bonds. The van der Waals surface area contributed by atoms with Gasteiger partial charge in [-0.3, -0.25) is 0 Å². The predicted molar refractivity (Wildman–Crippen MR) is 76.1 cm³/mol. The minimum Gasteiger partial charge on any atom is -0.366 e. The van der Waals surface area contributed by atoms with Crippen molar-refractivity contribution in [3.63, 3.8) is 0 Å². The van der Waals surface area contributed by atoms with E-state index in [-0.39, 0.29) is 12.2 Å². The van der Waals surface area contributed by atoms with Gasteiger partial charge in [-0.1, -0.05) is 12.1 Å². The molecule has 4 nitrogen and oxygen atoms in total. The van der Waals surface area contributed by atoms with Crippen molar-refractivity contribution in [3.05, 3.63) is 30.1 Å². The van der Waals surface area contributed by atoms with Gasteiger partial charge in [-0.15, -0.1) is 0 Å². The first-order valence-electron chi connectivity index (χ1n) is 6.95. The molecule has 1 aliphatic heterocycles. The van der Waals surface area contributed by atoms with Crippen LogP contribution >= 0.6 is 0 Å². The van der Waals surface area contributed by atoms with E-state index in [1.165, 1.54) is 0 Å². The highest BCUT2D eigenvalue weighted by Crippen LogP contribution is 2.25. The van der Waals surface area contributed by atoms with Crippen LogP contribution in [0.3, 0.4) is 0 Å². The number of para-hydroxylation sites is 2. The Labute approximate surface area is 113 Å². The van der Waals surface area contributed by atoms with Gasteiger partial charge in [0, 0.05) is 19.6 Å². The zero-order valence-corrected chi connectivity index (χ0v) is 11.8. The van der Waals surface area contributed by atoms with Gasteiger partial charge in [-0.25, -0.2) is 4.98 Å². The maximum atomic E-state index is 6.13. The molecule has 1 aromatic heterocycles. The van der Waals surface area contributed by atoms with Gasteiger partial charge >= 0.3 is 0 Å². The van der Waals surface area contributed by atoms with Gasteiger partial charge < -0.3 is 14.6 Å². The minimum atomic E-state index is 0.0253. The van der Waals surface area contributed by atoms with Crippen molar-refractivity contribution in [2.75, 3.05) is 6.54 Å². The van der Waals surface area contributed by atoms with E-state index in [4.69, 9.17) is 9.72 Å². The molecule has 102 valence electrons. The highest BCUT2D eigenvalue weighted by molar-refractivity contribution is 5.75. The highest BCUT2D eigenvalue weighted by atomic mass is 16.5. The predicted octanol–water partition coefficient (Wildman–Crippen LogP) is 2.40. The van der Waals surface area contributed by atoms with Gasteiger partial charge in [0.15, 0.2) is 0 Å². The zero-order chi connectivity index (χ0) is 13.4. The molecule has 2 aromatic rings. The third kappa shape index (κ3) is 2.38. The Kier molecular flexibility index (Phi) is 3.29. The second-order valence-electron chi connectivity index (χ2n) is 5.50. The maximum absolute atomic E-state index is 6.13. The molecular weight excluding hydrogens is 238 g/mol. The molecule has 1 saturated heterocycles. The number of nitrogens with zero attached hydrogens (tertiary/aromatic N) is 2. The summed E-state index contributed by atoms with van der Waals surface area (Å²) in [5, 5.41) is 3.52. The largest absolute Gasteiger partial charge is 0.366 e. The Bertz CT molecular complexity index is 578. The molecule has 1 aromatic carbocycles. The summed E-state index contributed by atoms with van der Waals surface area (Å²) in [5.41, 5.74) is 2.19. The van der Waals surface area contributed by atoms with Crippen LogP contribution in [0.25, 0.3) is 11.0 Å². The van der Waals surface area contributed by atoms with Crippen LogP contribution in [0.5, 0.6) is 0 Å². The summed E-state index contributed by atoms with van der Waals surface area (Å²) in [5.74, 6) is 1.01. The van der Waals surface area contributed by atoms with E-state index >= 15 is 0 Å². The highest BCUT2D eigenvalue weighted by Gasteiger charge is 2.25. The standard InChI is InChI=1S/C15H21N3O/c1-10-8-11(2)19-14(9-16-10)15-17-12-6-4-5-7-13(12)18(15)3/h4-7,10-11,14,16H,8-9H2,1-3H3. The molecule has 1 N–H and O–H groups in total. The molecule has 0 radical (unpaired) electrons. The van der Waals surface area contributed by atoms with E-state index < -0.39 is 0 Å². The Morgan fingerprint density at radius 2 is 2.11 bits per heavy atom. The van der Waals surface area contributed by atoms with Crippen LogP contribution in [0.2, 0.25) is 0 Å². The zero-order valence-electron chi connectivity index (χ0n) is 11.8. The molecule has 19 heavy (non-hydrogen) atoms. The first kappa shape index (κ1) is 12.6. The topological polar surface area (TPSA) is 39.1 Å². The Morgan fingerprint density at radius 3 is 2.89 bits per heavy atom. The van der Waals surface area contributed by atoms with Crippen molar-refractivity contribution in [3.8, 4) is 0 Å². The summed E-state index contributed by atoms with van der Waals surface area (Å²) >= 11 is 0. The van der Waals surface area contributed by atoms with Gasteiger partial charge in [-0.05, 0) is 32.4 Å². The smallest absolute Gasteiger partial charge is 0.140 e. The van der Waals surface area contributed by atoms with Crippen molar-refractivity contribution >= 4 is 11.0 Å². The first-order chi connectivity index (χ1) is 9.15. The van der Waals surface area contributed by atoms with Crippen molar-refractivity contribution in [1.82, 2.24) is 14.9 Å². The van der Waals surface area contributed by atoms with Crippen LogP contribution in [0.15, 0.2) is 24.3 Å². The second-order valence-corrected chi connectivity index (χ2v) is 5.50. The number of fused-ring (bicyclic) bond motifs is 1. The van der Waals surface area contributed by atoms with E-state index in [2.05, 4.69) is 42.9 Å². The normalized spacial score (nSPS) is 28.5. The maximum Gasteiger partial charge on any atom is 0.140 e. The summed E-state index contributed by atoms with van der Waals surface area (Å²) in [6, 6.07) is 8.72. The number of ether oxygens (including phenoxy) is 1. The fraction of sp³-hybridized carbons (Fsp3) is 0.533. The number of rotatable bonds is 1. The molecule has 3 unspecified atom stereocenters. The Balaban J connectivity index is 1.97. The minimum absolute atomic E-state index is 0.0253. The van der Waals surface area contributed by atoms with Gasteiger partial charge in [0.2, 0.25) is 0 Å². The molecule has 3 atom stereocenters. The number of aryl methyl sites for hydroxylation is 1. The number of hydrogen-bond donors (Lipinski definition) is 1. The molecular formula is C15H21N3O. The average Bonchev–Trinajstić information content (AvgIpc) is 2.62. The Morgan fingerprint density at radius 1 is 1.32 bits per heavy atom. The van der Waals surface area contributed by atoms with Crippen LogP contribution in [-0.2, 0) is 11.8 Å². The molecule has 0 aliphatic carbocycles. The molecule has 3 rings (SSSR count). The summed E-state index contributed by atoms with van der Waals surface area (Å²) in [6.07, 6.45) is 1.33. The second kappa shape index (κ2) is 4.94. The quantitative estimate of drug-likeness (QED) is 0.854. The van der Waals surface area contributed by atoms with E-state index in [0.717, 1.165) is 29.8 Å². The van der Waals surface area contributed by atoms with Crippen molar-refractivity contribution in [1.29, 1.82) is 0 Å². The number of imidazole rings is 1. The van der Waals surface area contributed by atoms with Crippen LogP contribution in [0, 0.1) is 0 Å². The summed E-state index contributed by atoms with van der Waals surface area (Å²) < 4.78 is 8.28. The number of aromatic nitrogens is 2. The van der Waals surface area contributed by atoms with Crippen LogP contribution in [-0.4, -0.2) is 28.2 Å². The van der Waals surface area contributed by atoms with E-state index in [0.29, 0.717) is 6.04 Å². The molecule has 2 heterocycles. The lowest BCUT2D eigenvalue weighted by Crippen LogP contribution is -2.28. The summed E-state index contributed by atoms with van der Waals surface area (Å²) in [6.45, 7) is 5.17.